The summed E-state index contributed by atoms with van der Waals surface area (Å²) in [7, 11) is 0. The molecule has 0 spiro atoms. The van der Waals surface area contributed by atoms with E-state index in [9.17, 15) is 14.9 Å². The number of hydrogen-bond donors (Lipinski definition) is 1. The van der Waals surface area contributed by atoms with Crippen LogP contribution in [0.3, 0.4) is 0 Å². The van der Waals surface area contributed by atoms with E-state index in [-0.39, 0.29) is 30.1 Å². The van der Waals surface area contributed by atoms with Crippen molar-refractivity contribution in [1.29, 1.82) is 0 Å². The molecule has 1 aliphatic heterocycles. The molecule has 2 aromatic rings. The molecule has 1 fully saturated rings. The van der Waals surface area contributed by atoms with Gasteiger partial charge in [0.1, 0.15) is 18.9 Å². The predicted octanol–water partition coefficient (Wildman–Crippen LogP) is 0.131. The van der Waals surface area contributed by atoms with Gasteiger partial charge in [-0.1, -0.05) is 5.16 Å². The van der Waals surface area contributed by atoms with Gasteiger partial charge in [-0.2, -0.15) is 10.1 Å². The molecule has 1 saturated heterocycles. The summed E-state index contributed by atoms with van der Waals surface area (Å²) in [6.45, 7) is 1.17. The summed E-state index contributed by atoms with van der Waals surface area (Å²) in [5.41, 5.74) is -0.136. The molecule has 3 rings (SSSR count). The van der Waals surface area contributed by atoms with Crippen molar-refractivity contribution in [2.75, 3.05) is 13.2 Å². The molecule has 0 bridgehead atoms. The fourth-order valence-corrected chi connectivity index (χ4v) is 2.18. The minimum Gasteiger partial charge on any atom is -0.376 e. The molecule has 11 heteroatoms. The van der Waals surface area contributed by atoms with E-state index in [4.69, 9.17) is 9.26 Å². The van der Waals surface area contributed by atoms with E-state index in [1.54, 1.807) is 0 Å². The molecule has 122 valence electrons. The van der Waals surface area contributed by atoms with Crippen LogP contribution < -0.4 is 5.32 Å². The van der Waals surface area contributed by atoms with Gasteiger partial charge < -0.3 is 14.6 Å². The molecule has 3 heterocycles. The van der Waals surface area contributed by atoms with E-state index in [1.807, 2.05) is 0 Å². The van der Waals surface area contributed by atoms with Gasteiger partial charge in [-0.05, 0) is 12.8 Å². The summed E-state index contributed by atoms with van der Waals surface area (Å²) in [5, 5.41) is 20.7. The van der Waals surface area contributed by atoms with Gasteiger partial charge in [0.25, 0.3) is 0 Å². The molecule has 0 aliphatic carbocycles. The standard InChI is InChI=1S/C12H14N6O5/c19-11(13-5-9-2-1-3-22-9)12-15-10(16-23-12)7-17-6-8(4-14-17)18(20)21/h4,6,9H,1-3,5,7H2,(H,13,19)/t9-/m1/s1. The van der Waals surface area contributed by atoms with Crippen molar-refractivity contribution < 1.29 is 19.0 Å². The first-order chi connectivity index (χ1) is 11.1. The summed E-state index contributed by atoms with van der Waals surface area (Å²) < 4.78 is 11.6. The number of carbonyl (C=O) groups excluding carboxylic acids is 1. The second-order valence-corrected chi connectivity index (χ2v) is 5.01. The van der Waals surface area contributed by atoms with Gasteiger partial charge >= 0.3 is 17.5 Å². The van der Waals surface area contributed by atoms with Crippen molar-refractivity contribution in [3.8, 4) is 0 Å². The lowest BCUT2D eigenvalue weighted by Gasteiger charge is -2.08. The molecule has 0 aromatic carbocycles. The normalized spacial score (nSPS) is 17.3. The quantitative estimate of drug-likeness (QED) is 0.585. The van der Waals surface area contributed by atoms with Gasteiger partial charge in [0, 0.05) is 13.2 Å². The lowest BCUT2D eigenvalue weighted by molar-refractivity contribution is -0.385. The van der Waals surface area contributed by atoms with E-state index >= 15 is 0 Å². The second-order valence-electron chi connectivity index (χ2n) is 5.01. The van der Waals surface area contributed by atoms with Crippen molar-refractivity contribution in [2.45, 2.75) is 25.5 Å². The summed E-state index contributed by atoms with van der Waals surface area (Å²) in [4.78, 5) is 25.9. The Morgan fingerprint density at radius 1 is 1.57 bits per heavy atom. The number of nitrogens with zero attached hydrogens (tertiary/aromatic N) is 5. The van der Waals surface area contributed by atoms with Crippen LogP contribution in [0.4, 0.5) is 5.69 Å². The number of nitro groups is 1. The Balaban J connectivity index is 1.56. The number of amides is 1. The number of carbonyl (C=O) groups is 1. The smallest absolute Gasteiger partial charge is 0.316 e. The average Bonchev–Trinajstić information content (AvgIpc) is 3.27. The molecular weight excluding hydrogens is 308 g/mol. The zero-order valence-electron chi connectivity index (χ0n) is 12.0. The van der Waals surface area contributed by atoms with Crippen LogP contribution in [0.5, 0.6) is 0 Å². The Labute approximate surface area is 129 Å². The molecule has 11 nitrogen and oxygen atoms in total. The molecule has 1 N–H and O–H groups in total. The minimum absolute atomic E-state index is 0.0194. The van der Waals surface area contributed by atoms with Crippen LogP contribution in [-0.4, -0.2) is 50.0 Å². The molecule has 0 unspecified atom stereocenters. The van der Waals surface area contributed by atoms with Crippen molar-refractivity contribution in [1.82, 2.24) is 25.2 Å². The summed E-state index contributed by atoms with van der Waals surface area (Å²) >= 11 is 0. The molecule has 1 amide bonds. The highest BCUT2D eigenvalue weighted by molar-refractivity contribution is 5.89. The third kappa shape index (κ3) is 3.69. The van der Waals surface area contributed by atoms with Crippen LogP contribution in [-0.2, 0) is 11.3 Å². The van der Waals surface area contributed by atoms with Crippen LogP contribution in [0, 0.1) is 10.1 Å². The van der Waals surface area contributed by atoms with Crippen LogP contribution >= 0.6 is 0 Å². The average molecular weight is 322 g/mol. The summed E-state index contributed by atoms with van der Waals surface area (Å²) in [6.07, 6.45) is 4.28. The summed E-state index contributed by atoms with van der Waals surface area (Å²) in [6, 6.07) is 0. The minimum atomic E-state index is -0.552. The van der Waals surface area contributed by atoms with Crippen molar-refractivity contribution in [3.63, 3.8) is 0 Å². The maximum atomic E-state index is 11.9. The lowest BCUT2D eigenvalue weighted by Crippen LogP contribution is -2.31. The predicted molar refractivity (Wildman–Crippen MR) is 73.6 cm³/mol. The third-order valence-electron chi connectivity index (χ3n) is 3.31. The number of aromatic nitrogens is 4. The molecule has 1 aliphatic rings. The number of rotatable bonds is 6. The molecule has 2 aromatic heterocycles. The number of nitrogens with one attached hydrogen (secondary N) is 1. The van der Waals surface area contributed by atoms with E-state index < -0.39 is 10.8 Å². The zero-order valence-corrected chi connectivity index (χ0v) is 12.0. The molecule has 23 heavy (non-hydrogen) atoms. The zero-order chi connectivity index (χ0) is 16.2. The SMILES string of the molecule is O=C(NC[C@H]1CCCO1)c1nc(Cn2cc([N+](=O)[O-])cn2)no1. The first-order valence-electron chi connectivity index (χ1n) is 7.01. The Morgan fingerprint density at radius 3 is 3.13 bits per heavy atom. The van der Waals surface area contributed by atoms with Gasteiger partial charge in [-0.3, -0.25) is 19.6 Å². The lowest BCUT2D eigenvalue weighted by atomic mass is 10.2. The molecule has 0 radical (unpaired) electrons. The first-order valence-corrected chi connectivity index (χ1v) is 7.01. The second kappa shape index (κ2) is 6.52. The fraction of sp³-hybridized carbons (Fsp3) is 0.500. The van der Waals surface area contributed by atoms with Crippen LogP contribution in [0.2, 0.25) is 0 Å². The largest absolute Gasteiger partial charge is 0.376 e. The van der Waals surface area contributed by atoms with Crippen LogP contribution in [0.25, 0.3) is 0 Å². The monoisotopic (exact) mass is 322 g/mol. The highest BCUT2D eigenvalue weighted by atomic mass is 16.6. The van der Waals surface area contributed by atoms with Crippen molar-refractivity contribution in [2.24, 2.45) is 0 Å². The van der Waals surface area contributed by atoms with E-state index in [0.717, 1.165) is 19.0 Å². The maximum absolute atomic E-state index is 11.9. The van der Waals surface area contributed by atoms with Crippen LogP contribution in [0.15, 0.2) is 16.9 Å². The Bertz CT molecular complexity index is 704. The van der Waals surface area contributed by atoms with Gasteiger partial charge in [-0.15, -0.1) is 0 Å². The molecule has 1 atom stereocenters. The van der Waals surface area contributed by atoms with Gasteiger partial charge in [0.15, 0.2) is 5.82 Å². The maximum Gasteiger partial charge on any atom is 0.316 e. The topological polar surface area (TPSA) is 138 Å². The third-order valence-corrected chi connectivity index (χ3v) is 3.31. The molecule has 0 saturated carbocycles. The van der Waals surface area contributed by atoms with Crippen LogP contribution in [0.1, 0.15) is 29.4 Å². The Morgan fingerprint density at radius 2 is 2.43 bits per heavy atom. The van der Waals surface area contributed by atoms with Gasteiger partial charge in [0.05, 0.1) is 11.0 Å². The fourth-order valence-electron chi connectivity index (χ4n) is 2.18. The van der Waals surface area contributed by atoms with Crippen molar-refractivity contribution in [3.05, 3.63) is 34.2 Å². The highest BCUT2D eigenvalue weighted by Gasteiger charge is 2.20. The van der Waals surface area contributed by atoms with Gasteiger partial charge in [0.2, 0.25) is 0 Å². The summed E-state index contributed by atoms with van der Waals surface area (Å²) in [5.74, 6) is -0.449. The van der Waals surface area contributed by atoms with E-state index in [1.165, 1.54) is 10.9 Å². The van der Waals surface area contributed by atoms with Gasteiger partial charge in [-0.25, -0.2) is 0 Å². The van der Waals surface area contributed by atoms with E-state index in [0.29, 0.717) is 13.2 Å². The molecular formula is C12H14N6O5. The Kier molecular flexibility index (Phi) is 4.28. The Hall–Kier alpha value is -2.82. The highest BCUT2D eigenvalue weighted by Crippen LogP contribution is 2.11. The number of hydrogen-bond acceptors (Lipinski definition) is 8. The van der Waals surface area contributed by atoms with Crippen molar-refractivity contribution >= 4 is 11.6 Å². The van der Waals surface area contributed by atoms with E-state index in [2.05, 4.69) is 20.6 Å². The number of ether oxygens (including phenoxy) is 1. The first kappa shape index (κ1) is 15.1.